The first-order valence-corrected chi connectivity index (χ1v) is 4.36. The first kappa shape index (κ1) is 10.9. The Bertz CT molecular complexity index is 384. The van der Waals surface area contributed by atoms with E-state index >= 15 is 0 Å². The van der Waals surface area contributed by atoms with Gasteiger partial charge in [0.2, 0.25) is 0 Å². The number of nitrogens with one attached hydrogen (secondary N) is 1. The molecule has 0 amide bonds. The van der Waals surface area contributed by atoms with Crippen molar-refractivity contribution in [3.05, 3.63) is 30.3 Å². The number of hydrogen-bond donors (Lipinski definition) is 2. The fourth-order valence-corrected chi connectivity index (χ4v) is 0.896. The summed E-state index contributed by atoms with van der Waals surface area (Å²) in [6, 6.07) is 9.29. The minimum atomic E-state index is 0.182. The third kappa shape index (κ3) is 3.22. The fourth-order valence-electron chi connectivity index (χ4n) is 0.896. The van der Waals surface area contributed by atoms with E-state index in [2.05, 4.69) is 15.6 Å². The zero-order valence-electron chi connectivity index (χ0n) is 8.34. The molecule has 0 saturated carbocycles. The molecule has 1 aromatic carbocycles. The lowest BCUT2D eigenvalue weighted by Crippen LogP contribution is -2.15. The van der Waals surface area contributed by atoms with Gasteiger partial charge in [0.1, 0.15) is 5.71 Å². The highest BCUT2D eigenvalue weighted by molar-refractivity contribution is 6.61. The van der Waals surface area contributed by atoms with Crippen LogP contribution in [0.2, 0.25) is 0 Å². The first-order chi connectivity index (χ1) is 7.27. The van der Waals surface area contributed by atoms with Gasteiger partial charge in [0.25, 0.3) is 0 Å². The minimum Gasteiger partial charge on any atom is -0.323 e. The smallest absolute Gasteiger partial charge is 0.172 e. The van der Waals surface area contributed by atoms with Crippen LogP contribution in [0.3, 0.4) is 0 Å². The fraction of sp³-hybridized carbons (Fsp3) is 0.100. The Labute approximate surface area is 87.7 Å². The molecule has 0 heterocycles. The van der Waals surface area contributed by atoms with E-state index in [1.54, 1.807) is 6.92 Å². The molecule has 0 bridgehead atoms. The summed E-state index contributed by atoms with van der Waals surface area (Å²) in [6.45, 7) is 1.61. The Balaban J connectivity index is 2.75. The van der Waals surface area contributed by atoms with Crippen molar-refractivity contribution in [2.24, 2.45) is 16.0 Å². The summed E-state index contributed by atoms with van der Waals surface area (Å²) >= 11 is 0. The van der Waals surface area contributed by atoms with E-state index in [1.165, 1.54) is 0 Å². The van der Waals surface area contributed by atoms with E-state index in [0.717, 1.165) is 5.69 Å². The van der Waals surface area contributed by atoms with E-state index in [0.29, 0.717) is 12.0 Å². The molecule has 0 unspecified atom stereocenters. The van der Waals surface area contributed by atoms with Crippen molar-refractivity contribution in [3.63, 3.8) is 0 Å². The number of aldehydes is 1. The predicted octanol–water partition coefficient (Wildman–Crippen LogP) is 0.988. The van der Waals surface area contributed by atoms with Crippen molar-refractivity contribution in [1.82, 2.24) is 0 Å². The highest BCUT2D eigenvalue weighted by atomic mass is 16.1. The van der Waals surface area contributed by atoms with Crippen molar-refractivity contribution >= 4 is 23.4 Å². The highest BCUT2D eigenvalue weighted by Crippen LogP contribution is 2.04. The lowest BCUT2D eigenvalue weighted by Gasteiger charge is -2.00. The van der Waals surface area contributed by atoms with Gasteiger partial charge >= 0.3 is 0 Å². The van der Waals surface area contributed by atoms with Crippen LogP contribution in [0, 0.1) is 0 Å². The van der Waals surface area contributed by atoms with Gasteiger partial charge in [-0.3, -0.25) is 10.2 Å². The average Bonchev–Trinajstić information content (AvgIpc) is 2.31. The quantitative estimate of drug-likeness (QED) is 0.332. The molecule has 15 heavy (non-hydrogen) atoms. The van der Waals surface area contributed by atoms with Crippen molar-refractivity contribution in [1.29, 1.82) is 0 Å². The molecule has 0 atom stereocenters. The lowest BCUT2D eigenvalue weighted by molar-refractivity contribution is -0.102. The third-order valence-corrected chi connectivity index (χ3v) is 1.76. The second kappa shape index (κ2) is 5.54. The van der Waals surface area contributed by atoms with Crippen LogP contribution in [0.5, 0.6) is 0 Å². The van der Waals surface area contributed by atoms with Crippen LogP contribution in [0.1, 0.15) is 6.92 Å². The van der Waals surface area contributed by atoms with Gasteiger partial charge in [0, 0.05) is 0 Å². The zero-order chi connectivity index (χ0) is 11.1. The van der Waals surface area contributed by atoms with Gasteiger partial charge in [-0.1, -0.05) is 18.2 Å². The average molecular weight is 204 g/mol. The Kier molecular flexibility index (Phi) is 4.03. The number of carbonyl (C=O) groups is 1. The summed E-state index contributed by atoms with van der Waals surface area (Å²) < 4.78 is 0. The molecule has 1 rings (SSSR count). The van der Waals surface area contributed by atoms with Crippen molar-refractivity contribution in [2.45, 2.75) is 6.92 Å². The Morgan fingerprint density at radius 3 is 2.60 bits per heavy atom. The summed E-state index contributed by atoms with van der Waals surface area (Å²) in [5.41, 5.74) is 4.09. The summed E-state index contributed by atoms with van der Waals surface area (Å²) in [6.07, 6.45) is 0.599. The van der Waals surface area contributed by atoms with Crippen LogP contribution in [0.25, 0.3) is 0 Å². The van der Waals surface area contributed by atoms with Crippen LogP contribution >= 0.6 is 0 Å². The molecule has 1 aromatic rings. The zero-order valence-corrected chi connectivity index (χ0v) is 8.34. The monoisotopic (exact) mass is 204 g/mol. The maximum absolute atomic E-state index is 10.6. The third-order valence-electron chi connectivity index (χ3n) is 1.76. The SMILES string of the molecule is CC(=NN)C(C=O)=NNc1ccccc1. The molecule has 78 valence electrons. The summed E-state index contributed by atoms with van der Waals surface area (Å²) in [5, 5.41) is 7.26. The molecule has 0 radical (unpaired) electrons. The Hall–Kier alpha value is -2.17. The van der Waals surface area contributed by atoms with Crippen molar-refractivity contribution in [3.8, 4) is 0 Å². The van der Waals surface area contributed by atoms with Crippen LogP contribution in [-0.4, -0.2) is 17.7 Å². The molecule has 0 aliphatic carbocycles. The number of carbonyl (C=O) groups excluding carboxylic acids is 1. The number of hydrazone groups is 2. The van der Waals surface area contributed by atoms with Gasteiger partial charge in [-0.05, 0) is 19.1 Å². The van der Waals surface area contributed by atoms with E-state index in [-0.39, 0.29) is 5.71 Å². The van der Waals surface area contributed by atoms with Gasteiger partial charge in [0.15, 0.2) is 6.29 Å². The van der Waals surface area contributed by atoms with E-state index in [4.69, 9.17) is 5.84 Å². The summed E-state index contributed by atoms with van der Waals surface area (Å²) in [4.78, 5) is 10.6. The van der Waals surface area contributed by atoms with Crippen LogP contribution in [0.4, 0.5) is 5.69 Å². The minimum absolute atomic E-state index is 0.182. The molecule has 3 N–H and O–H groups in total. The second-order valence-electron chi connectivity index (χ2n) is 2.81. The van der Waals surface area contributed by atoms with Gasteiger partial charge in [-0.25, -0.2) is 0 Å². The molecule has 0 fully saturated rings. The molecular weight excluding hydrogens is 192 g/mol. The van der Waals surface area contributed by atoms with Crippen molar-refractivity contribution < 1.29 is 4.79 Å². The number of benzene rings is 1. The topological polar surface area (TPSA) is 79.8 Å². The maximum atomic E-state index is 10.6. The Morgan fingerprint density at radius 2 is 2.07 bits per heavy atom. The van der Waals surface area contributed by atoms with Gasteiger partial charge in [0.05, 0.1) is 11.4 Å². The maximum Gasteiger partial charge on any atom is 0.172 e. The van der Waals surface area contributed by atoms with Crippen LogP contribution < -0.4 is 11.3 Å². The normalized spacial score (nSPS) is 12.3. The molecule has 0 spiro atoms. The number of nitrogens with two attached hydrogens (primary N) is 1. The number of hydrogen-bond acceptors (Lipinski definition) is 5. The molecule has 0 aliphatic heterocycles. The van der Waals surface area contributed by atoms with E-state index in [9.17, 15) is 4.79 Å². The molecule has 0 saturated heterocycles. The second-order valence-corrected chi connectivity index (χ2v) is 2.81. The molecule has 0 aromatic heterocycles. The lowest BCUT2D eigenvalue weighted by atomic mass is 10.3. The Morgan fingerprint density at radius 1 is 1.40 bits per heavy atom. The highest BCUT2D eigenvalue weighted by Gasteiger charge is 2.01. The number of para-hydroxylation sites is 1. The summed E-state index contributed by atoms with van der Waals surface area (Å²) in [7, 11) is 0. The van der Waals surface area contributed by atoms with Crippen LogP contribution in [0.15, 0.2) is 40.5 Å². The molecule has 0 aliphatic rings. The van der Waals surface area contributed by atoms with Gasteiger partial charge in [-0.15, -0.1) is 0 Å². The summed E-state index contributed by atoms with van der Waals surface area (Å²) in [5.74, 6) is 5.04. The van der Waals surface area contributed by atoms with E-state index in [1.807, 2.05) is 30.3 Å². The van der Waals surface area contributed by atoms with Gasteiger partial charge < -0.3 is 5.84 Å². The molecule has 5 heteroatoms. The largest absolute Gasteiger partial charge is 0.323 e. The first-order valence-electron chi connectivity index (χ1n) is 4.36. The van der Waals surface area contributed by atoms with Gasteiger partial charge in [-0.2, -0.15) is 10.2 Å². The molecule has 5 nitrogen and oxygen atoms in total. The number of rotatable bonds is 4. The van der Waals surface area contributed by atoms with E-state index < -0.39 is 0 Å². The molecular formula is C10H12N4O. The van der Waals surface area contributed by atoms with Crippen molar-refractivity contribution in [2.75, 3.05) is 5.43 Å². The number of nitrogens with zero attached hydrogens (tertiary/aromatic N) is 2. The van der Waals surface area contributed by atoms with Crippen LogP contribution in [-0.2, 0) is 4.79 Å². The standard InChI is InChI=1S/C10H12N4O/c1-8(12-11)10(7-15)14-13-9-5-3-2-4-6-9/h2-7,13H,11H2,1H3. The number of anilines is 1. The predicted molar refractivity (Wildman–Crippen MR) is 60.9 cm³/mol.